The largest absolute Gasteiger partial charge is 0.385 e. The van der Waals surface area contributed by atoms with Crippen molar-refractivity contribution < 1.29 is 5.11 Å². The molecule has 0 radical (unpaired) electrons. The van der Waals surface area contributed by atoms with Crippen molar-refractivity contribution in [2.75, 3.05) is 0 Å². The molecule has 2 rings (SSSR count). The van der Waals surface area contributed by atoms with Crippen molar-refractivity contribution >= 4 is 31.9 Å². The van der Waals surface area contributed by atoms with Gasteiger partial charge in [0, 0.05) is 8.95 Å². The first-order valence-corrected chi connectivity index (χ1v) is 6.77. The highest BCUT2D eigenvalue weighted by Gasteiger charge is 2.37. The molecule has 0 heterocycles. The van der Waals surface area contributed by atoms with E-state index in [-0.39, 0.29) is 0 Å². The molecule has 1 nitrogen and oxygen atoms in total. The molecule has 0 aliphatic heterocycles. The van der Waals surface area contributed by atoms with Crippen molar-refractivity contribution in [3.8, 4) is 0 Å². The first kappa shape index (κ1) is 11.6. The van der Waals surface area contributed by atoms with Gasteiger partial charge in [-0.05, 0) is 48.9 Å². The van der Waals surface area contributed by atoms with Gasteiger partial charge in [0.2, 0.25) is 0 Å². The Balaban J connectivity index is 2.36. The third kappa shape index (κ3) is 2.45. The van der Waals surface area contributed by atoms with Gasteiger partial charge in [-0.25, -0.2) is 0 Å². The molecule has 0 aromatic heterocycles. The predicted octanol–water partition coefficient (Wildman–Crippen LogP) is 4.22. The zero-order valence-corrected chi connectivity index (χ0v) is 11.8. The third-order valence-electron chi connectivity index (χ3n) is 3.14. The second-order valence-electron chi connectivity index (χ2n) is 4.54. The second kappa shape index (κ2) is 4.19. The van der Waals surface area contributed by atoms with E-state index in [1.807, 2.05) is 18.2 Å². The maximum Gasteiger partial charge on any atom is 0.0900 e. The van der Waals surface area contributed by atoms with Gasteiger partial charge in [-0.2, -0.15) is 0 Å². The van der Waals surface area contributed by atoms with Crippen molar-refractivity contribution in [1.82, 2.24) is 0 Å². The van der Waals surface area contributed by atoms with Crippen LogP contribution in [0.25, 0.3) is 0 Å². The highest BCUT2D eigenvalue weighted by atomic mass is 79.9. The Morgan fingerprint density at radius 2 is 1.87 bits per heavy atom. The molecule has 0 bridgehead atoms. The van der Waals surface area contributed by atoms with E-state index < -0.39 is 5.60 Å². The van der Waals surface area contributed by atoms with Crippen LogP contribution in [0.5, 0.6) is 0 Å². The number of hydrogen-bond donors (Lipinski definition) is 1. The normalized spacial score (nSPS) is 30.8. The summed E-state index contributed by atoms with van der Waals surface area (Å²) in [4.78, 5) is 0. The minimum absolute atomic E-state index is 0.618. The van der Waals surface area contributed by atoms with E-state index in [4.69, 9.17) is 0 Å². The van der Waals surface area contributed by atoms with Crippen LogP contribution in [0.15, 0.2) is 27.1 Å². The molecular weight excluding hydrogens is 320 g/mol. The second-order valence-corrected chi connectivity index (χ2v) is 6.37. The fourth-order valence-electron chi connectivity index (χ4n) is 2.35. The van der Waals surface area contributed by atoms with Gasteiger partial charge in [0.05, 0.1) is 5.60 Å². The Hall–Kier alpha value is 0.140. The smallest absolute Gasteiger partial charge is 0.0900 e. The molecule has 0 spiro atoms. The molecule has 1 aromatic carbocycles. The summed E-state index contributed by atoms with van der Waals surface area (Å²) >= 11 is 6.92. The van der Waals surface area contributed by atoms with Crippen LogP contribution in [-0.2, 0) is 5.60 Å². The van der Waals surface area contributed by atoms with Crippen molar-refractivity contribution in [2.45, 2.75) is 31.8 Å². The van der Waals surface area contributed by atoms with Crippen molar-refractivity contribution in [3.63, 3.8) is 0 Å². The van der Waals surface area contributed by atoms with E-state index in [1.165, 1.54) is 0 Å². The van der Waals surface area contributed by atoms with Gasteiger partial charge < -0.3 is 5.11 Å². The quantitative estimate of drug-likeness (QED) is 0.815. The van der Waals surface area contributed by atoms with E-state index in [9.17, 15) is 5.11 Å². The summed E-state index contributed by atoms with van der Waals surface area (Å²) in [6.45, 7) is 2.20. The molecule has 2 atom stereocenters. The number of benzene rings is 1. The van der Waals surface area contributed by atoms with Crippen LogP contribution in [0.3, 0.4) is 0 Å². The Labute approximate surface area is 107 Å². The maximum atomic E-state index is 10.5. The number of aliphatic hydroxyl groups is 1. The predicted molar refractivity (Wildman–Crippen MR) is 68.8 cm³/mol. The van der Waals surface area contributed by atoms with Gasteiger partial charge in [0.15, 0.2) is 0 Å². The summed E-state index contributed by atoms with van der Waals surface area (Å²) in [5, 5.41) is 10.5. The molecule has 82 valence electrons. The highest BCUT2D eigenvalue weighted by Crippen LogP contribution is 2.43. The molecule has 0 amide bonds. The van der Waals surface area contributed by atoms with E-state index >= 15 is 0 Å². The summed E-state index contributed by atoms with van der Waals surface area (Å²) in [6.07, 6.45) is 2.85. The summed E-state index contributed by atoms with van der Waals surface area (Å²) in [5.74, 6) is 0.618. The van der Waals surface area contributed by atoms with Gasteiger partial charge >= 0.3 is 0 Å². The molecular formula is C12H14Br2O. The Morgan fingerprint density at radius 1 is 1.27 bits per heavy atom. The Bertz CT molecular complexity index is 358. The van der Waals surface area contributed by atoms with Gasteiger partial charge in [-0.3, -0.25) is 0 Å². The molecule has 15 heavy (non-hydrogen) atoms. The number of hydrogen-bond acceptors (Lipinski definition) is 1. The monoisotopic (exact) mass is 332 g/mol. The van der Waals surface area contributed by atoms with E-state index in [0.29, 0.717) is 5.92 Å². The van der Waals surface area contributed by atoms with Crippen molar-refractivity contribution in [1.29, 1.82) is 0 Å². The summed E-state index contributed by atoms with van der Waals surface area (Å²) in [6, 6.07) is 6.02. The van der Waals surface area contributed by atoms with E-state index in [1.54, 1.807) is 0 Å². The Morgan fingerprint density at radius 3 is 2.33 bits per heavy atom. The lowest BCUT2D eigenvalue weighted by atomic mass is 9.91. The van der Waals surface area contributed by atoms with Gasteiger partial charge in [0.25, 0.3) is 0 Å². The van der Waals surface area contributed by atoms with E-state index in [2.05, 4.69) is 38.8 Å². The molecule has 1 aliphatic carbocycles. The minimum atomic E-state index is -0.619. The lowest BCUT2D eigenvalue weighted by molar-refractivity contribution is 0.0407. The fourth-order valence-corrected chi connectivity index (χ4v) is 3.64. The summed E-state index contributed by atoms with van der Waals surface area (Å²) in [7, 11) is 0. The molecule has 1 fully saturated rings. The Kier molecular flexibility index (Phi) is 3.25. The molecule has 1 aliphatic rings. The summed E-state index contributed by atoms with van der Waals surface area (Å²) in [5.41, 5.74) is 0.402. The van der Waals surface area contributed by atoms with Crippen molar-refractivity contribution in [3.05, 3.63) is 32.7 Å². The maximum absolute atomic E-state index is 10.5. The number of rotatable bonds is 1. The van der Waals surface area contributed by atoms with Crippen LogP contribution in [0.2, 0.25) is 0 Å². The lowest BCUT2D eigenvalue weighted by Gasteiger charge is -2.23. The van der Waals surface area contributed by atoms with E-state index in [0.717, 1.165) is 33.8 Å². The first-order valence-electron chi connectivity index (χ1n) is 5.18. The van der Waals surface area contributed by atoms with Crippen LogP contribution in [0, 0.1) is 5.92 Å². The fraction of sp³-hybridized carbons (Fsp3) is 0.500. The van der Waals surface area contributed by atoms with Crippen LogP contribution in [0.1, 0.15) is 31.7 Å². The van der Waals surface area contributed by atoms with Gasteiger partial charge in [0.1, 0.15) is 0 Å². The zero-order valence-electron chi connectivity index (χ0n) is 8.63. The van der Waals surface area contributed by atoms with Gasteiger partial charge in [-0.15, -0.1) is 0 Å². The minimum Gasteiger partial charge on any atom is -0.385 e. The van der Waals surface area contributed by atoms with Crippen molar-refractivity contribution in [2.24, 2.45) is 5.92 Å². The lowest BCUT2D eigenvalue weighted by Crippen LogP contribution is -2.21. The molecule has 0 unspecified atom stereocenters. The number of halogens is 2. The van der Waals surface area contributed by atoms with Crippen LogP contribution < -0.4 is 0 Å². The average molecular weight is 334 g/mol. The standard InChI is InChI=1S/C12H14Br2O/c1-8-2-3-12(15,7-8)9-4-10(13)6-11(14)5-9/h4-6,8,15H,2-3,7H2,1H3/t8-,12+/m1/s1. The van der Waals surface area contributed by atoms with Crippen LogP contribution >= 0.6 is 31.9 Å². The zero-order chi connectivity index (χ0) is 11.1. The average Bonchev–Trinajstić information content (AvgIpc) is 2.46. The molecule has 1 saturated carbocycles. The van der Waals surface area contributed by atoms with Crippen LogP contribution in [0.4, 0.5) is 0 Å². The third-order valence-corrected chi connectivity index (χ3v) is 4.05. The molecule has 0 saturated heterocycles. The topological polar surface area (TPSA) is 20.2 Å². The molecule has 1 N–H and O–H groups in total. The first-order chi connectivity index (χ1) is 6.99. The SMILES string of the molecule is C[C@@H]1CC[C@@](O)(c2cc(Br)cc(Br)c2)C1. The molecule has 1 aromatic rings. The molecule has 3 heteroatoms. The summed E-state index contributed by atoms with van der Waals surface area (Å²) < 4.78 is 2.03. The van der Waals surface area contributed by atoms with Gasteiger partial charge in [-0.1, -0.05) is 38.8 Å². The van der Waals surface area contributed by atoms with Crippen LogP contribution in [-0.4, -0.2) is 5.11 Å². The highest BCUT2D eigenvalue weighted by molar-refractivity contribution is 9.11.